The quantitative estimate of drug-likeness (QED) is 0.496. The largest absolute Gasteiger partial charge is 2.00 e. The average Bonchev–Trinajstić information content (AvgIpc) is 2.73. The van der Waals surface area contributed by atoms with Crippen molar-refractivity contribution in [2.45, 2.75) is 34.1 Å². The van der Waals surface area contributed by atoms with Gasteiger partial charge in [0.15, 0.2) is 0 Å². The van der Waals surface area contributed by atoms with Crippen LogP contribution in [0.15, 0.2) is 35.5 Å². The van der Waals surface area contributed by atoms with E-state index in [1.165, 1.54) is 11.1 Å². The molecular weight excluding hydrogens is 247 g/mol. The fraction of sp³-hybridized carbons (Fsp3) is 0.385. The molecule has 0 saturated heterocycles. The molecular formula is C13H18Zr. The molecule has 0 aromatic heterocycles. The zero-order valence-electron chi connectivity index (χ0n) is 9.52. The minimum absolute atomic E-state index is 0. The van der Waals surface area contributed by atoms with Crippen molar-refractivity contribution in [1.29, 1.82) is 0 Å². The summed E-state index contributed by atoms with van der Waals surface area (Å²) in [5.41, 5.74) is 2.56. The average molecular weight is 266 g/mol. The van der Waals surface area contributed by atoms with E-state index < -0.39 is 0 Å². The van der Waals surface area contributed by atoms with E-state index in [4.69, 9.17) is 0 Å². The van der Waals surface area contributed by atoms with Crippen LogP contribution in [0.3, 0.4) is 0 Å². The molecule has 0 fully saturated rings. The number of rotatable bonds is 1. The van der Waals surface area contributed by atoms with Gasteiger partial charge < -0.3 is 0 Å². The van der Waals surface area contributed by atoms with Gasteiger partial charge in [-0.3, -0.25) is 12.2 Å². The maximum Gasteiger partial charge on any atom is 2.00 e. The van der Waals surface area contributed by atoms with Gasteiger partial charge in [0.2, 0.25) is 0 Å². The Kier molecular flexibility index (Phi) is 12.7. The van der Waals surface area contributed by atoms with Crippen LogP contribution in [0.25, 0.3) is 0 Å². The summed E-state index contributed by atoms with van der Waals surface area (Å²) < 4.78 is 0. The van der Waals surface area contributed by atoms with Crippen LogP contribution in [0.5, 0.6) is 0 Å². The Morgan fingerprint density at radius 2 is 2.07 bits per heavy atom. The van der Waals surface area contributed by atoms with Crippen molar-refractivity contribution in [3.05, 3.63) is 47.6 Å². The summed E-state index contributed by atoms with van der Waals surface area (Å²) in [6.07, 6.45) is 15.2. The molecule has 0 N–H and O–H groups in total. The molecule has 1 rings (SSSR count). The van der Waals surface area contributed by atoms with E-state index in [2.05, 4.69) is 38.2 Å². The zero-order chi connectivity index (χ0) is 10.1. The van der Waals surface area contributed by atoms with E-state index in [9.17, 15) is 0 Å². The van der Waals surface area contributed by atoms with E-state index in [1.54, 1.807) is 0 Å². The van der Waals surface area contributed by atoms with E-state index >= 15 is 0 Å². The third-order valence-corrected chi connectivity index (χ3v) is 1.99. The predicted octanol–water partition coefficient (Wildman–Crippen LogP) is 4.03. The van der Waals surface area contributed by atoms with Gasteiger partial charge in [-0.2, -0.15) is 12.2 Å². The van der Waals surface area contributed by atoms with Gasteiger partial charge in [0.1, 0.15) is 0 Å². The zero-order valence-corrected chi connectivity index (χ0v) is 12.0. The molecule has 14 heavy (non-hydrogen) atoms. The predicted molar refractivity (Wildman–Crippen MR) is 59.1 cm³/mol. The second-order valence-electron chi connectivity index (χ2n) is 2.85. The molecule has 0 bridgehead atoms. The maximum atomic E-state index is 3.06. The molecule has 1 aliphatic rings. The monoisotopic (exact) mass is 264 g/mol. The first-order valence-corrected chi connectivity index (χ1v) is 4.58. The summed E-state index contributed by atoms with van der Waals surface area (Å²) in [7, 11) is 0. The molecule has 0 amide bonds. The van der Waals surface area contributed by atoms with Gasteiger partial charge in [0, 0.05) is 0 Å². The summed E-state index contributed by atoms with van der Waals surface area (Å²) >= 11 is 0. The van der Waals surface area contributed by atoms with Crippen LogP contribution in [0.1, 0.15) is 34.1 Å². The van der Waals surface area contributed by atoms with Crippen molar-refractivity contribution in [3.63, 3.8) is 0 Å². The van der Waals surface area contributed by atoms with E-state index in [-0.39, 0.29) is 26.2 Å². The molecule has 0 saturated carbocycles. The van der Waals surface area contributed by atoms with Gasteiger partial charge in [-0.15, -0.1) is 20.3 Å². The van der Waals surface area contributed by atoms with Crippen LogP contribution in [0, 0.1) is 12.2 Å². The first-order valence-electron chi connectivity index (χ1n) is 4.58. The Labute approximate surface area is 108 Å². The topological polar surface area (TPSA) is 0 Å². The minimum atomic E-state index is 0. The molecule has 0 unspecified atom stereocenters. The van der Waals surface area contributed by atoms with Gasteiger partial charge in [0.25, 0.3) is 0 Å². The SMILES string of the molecule is C[C-]=C(C)C(C)=CC.[C-]1=CC=CC1.[Zr+2]. The molecule has 0 aromatic rings. The molecule has 0 aromatic carbocycles. The molecule has 0 nitrogen and oxygen atoms in total. The van der Waals surface area contributed by atoms with Crippen molar-refractivity contribution >= 4 is 0 Å². The van der Waals surface area contributed by atoms with Crippen LogP contribution in [0.2, 0.25) is 0 Å². The summed E-state index contributed by atoms with van der Waals surface area (Å²) in [6.45, 7) is 8.12. The Balaban J connectivity index is 0. The van der Waals surface area contributed by atoms with Crippen molar-refractivity contribution in [2.75, 3.05) is 0 Å². The molecule has 74 valence electrons. The fourth-order valence-electron chi connectivity index (χ4n) is 0.754. The van der Waals surface area contributed by atoms with Crippen molar-refractivity contribution < 1.29 is 26.2 Å². The molecule has 0 radical (unpaired) electrons. The summed E-state index contributed by atoms with van der Waals surface area (Å²) in [4.78, 5) is 0. The van der Waals surface area contributed by atoms with Crippen molar-refractivity contribution in [3.8, 4) is 0 Å². The molecule has 0 heterocycles. The van der Waals surface area contributed by atoms with Gasteiger partial charge in [-0.05, 0) is 0 Å². The second-order valence-corrected chi connectivity index (χ2v) is 2.85. The molecule has 0 atom stereocenters. The van der Waals surface area contributed by atoms with Crippen LogP contribution in [-0.2, 0) is 26.2 Å². The van der Waals surface area contributed by atoms with Crippen LogP contribution in [0.4, 0.5) is 0 Å². The first-order chi connectivity index (χ1) is 6.22. The Morgan fingerprint density at radius 3 is 2.21 bits per heavy atom. The van der Waals surface area contributed by atoms with Gasteiger partial charge in [-0.25, -0.2) is 23.3 Å². The summed E-state index contributed by atoms with van der Waals surface area (Å²) in [6, 6.07) is 0. The normalized spacial score (nSPS) is 14.6. The molecule has 1 aliphatic carbocycles. The maximum absolute atomic E-state index is 3.06. The van der Waals surface area contributed by atoms with Crippen LogP contribution < -0.4 is 0 Å². The number of hydrogen-bond acceptors (Lipinski definition) is 0. The van der Waals surface area contributed by atoms with Crippen LogP contribution >= 0.6 is 0 Å². The van der Waals surface area contributed by atoms with Gasteiger partial charge in [0.05, 0.1) is 0 Å². The third kappa shape index (κ3) is 8.44. The third-order valence-electron chi connectivity index (χ3n) is 1.99. The van der Waals surface area contributed by atoms with Crippen molar-refractivity contribution in [1.82, 2.24) is 0 Å². The van der Waals surface area contributed by atoms with E-state index in [0.29, 0.717) is 0 Å². The first kappa shape index (κ1) is 16.3. The summed E-state index contributed by atoms with van der Waals surface area (Å²) in [5.74, 6) is 0. The minimum Gasteiger partial charge on any atom is -0.275 e. The Bertz CT molecular complexity index is 216. The van der Waals surface area contributed by atoms with Crippen LogP contribution in [-0.4, -0.2) is 0 Å². The van der Waals surface area contributed by atoms with Gasteiger partial charge in [-0.1, -0.05) is 13.8 Å². The molecule has 0 aliphatic heterocycles. The molecule has 0 spiro atoms. The number of hydrogen-bond donors (Lipinski definition) is 0. The van der Waals surface area contributed by atoms with E-state index in [1.807, 2.05) is 26.0 Å². The standard InChI is InChI=1S/C8H13.C5H5.Zr/c1-5-7(3)8(4)6-2;1-2-4-5-3-1;/h5H,1-4H3;1-3H,4H2;/q2*-1;+2. The Morgan fingerprint density at radius 1 is 1.43 bits per heavy atom. The Hall–Kier alpha value is -0.157. The number of allylic oxidation sites excluding steroid dienone is 8. The smallest absolute Gasteiger partial charge is 0.275 e. The van der Waals surface area contributed by atoms with E-state index in [0.717, 1.165) is 6.42 Å². The molecule has 1 heteroatoms. The second kappa shape index (κ2) is 10.9. The fourth-order valence-corrected chi connectivity index (χ4v) is 0.754. The van der Waals surface area contributed by atoms with Crippen molar-refractivity contribution in [2.24, 2.45) is 0 Å². The van der Waals surface area contributed by atoms with Gasteiger partial charge >= 0.3 is 26.2 Å². The summed E-state index contributed by atoms with van der Waals surface area (Å²) in [5, 5.41) is 0.